The van der Waals surface area contributed by atoms with E-state index < -0.39 is 5.82 Å². The van der Waals surface area contributed by atoms with Crippen LogP contribution >= 0.6 is 0 Å². The smallest absolute Gasteiger partial charge is 0.181 e. The maximum atomic E-state index is 14.4. The molecule has 0 amide bonds. The highest BCUT2D eigenvalue weighted by Gasteiger charge is 2.16. The summed E-state index contributed by atoms with van der Waals surface area (Å²) in [4.78, 5) is 9.06. The van der Waals surface area contributed by atoms with Gasteiger partial charge >= 0.3 is 0 Å². The van der Waals surface area contributed by atoms with Gasteiger partial charge in [-0.2, -0.15) is 0 Å². The second kappa shape index (κ2) is 9.01. The van der Waals surface area contributed by atoms with Crippen LogP contribution in [0.5, 0.6) is 5.75 Å². The Labute approximate surface area is 165 Å². The van der Waals surface area contributed by atoms with Crippen LogP contribution < -0.4 is 15.4 Å². The molecule has 1 aliphatic heterocycles. The second-order valence-electron chi connectivity index (χ2n) is 6.77. The summed E-state index contributed by atoms with van der Waals surface area (Å²) < 4.78 is 21.6. The Morgan fingerprint density at radius 3 is 2.86 bits per heavy atom. The molecule has 1 fully saturated rings. The van der Waals surface area contributed by atoms with Crippen LogP contribution in [-0.4, -0.2) is 39.6 Å². The minimum Gasteiger partial charge on any atom is -0.488 e. The fourth-order valence-electron chi connectivity index (χ4n) is 3.16. The van der Waals surface area contributed by atoms with Gasteiger partial charge in [0.25, 0.3) is 0 Å². The van der Waals surface area contributed by atoms with Crippen molar-refractivity contribution < 1.29 is 9.13 Å². The molecule has 0 aromatic carbocycles. The zero-order chi connectivity index (χ0) is 20.1. The molecule has 3 aromatic heterocycles. The van der Waals surface area contributed by atoms with E-state index in [9.17, 15) is 4.39 Å². The molecule has 0 radical (unpaired) electrons. The van der Waals surface area contributed by atoms with Gasteiger partial charge in [-0.05, 0) is 38.9 Å². The van der Waals surface area contributed by atoms with Crippen molar-refractivity contribution in [2.45, 2.75) is 46.3 Å². The molecule has 1 unspecified atom stereocenters. The summed E-state index contributed by atoms with van der Waals surface area (Å²) in [6, 6.07) is 7.79. The maximum Gasteiger partial charge on any atom is 0.181 e. The largest absolute Gasteiger partial charge is 0.488 e. The normalized spacial score (nSPS) is 16.1. The third-order valence-electron chi connectivity index (χ3n) is 4.35. The molecule has 0 aliphatic carbocycles. The Balaban J connectivity index is 0.00000109. The number of imidazole rings is 1. The molecule has 1 aliphatic rings. The molecule has 0 spiro atoms. The van der Waals surface area contributed by atoms with Crippen molar-refractivity contribution in [1.82, 2.24) is 19.7 Å². The Morgan fingerprint density at radius 1 is 1.32 bits per heavy atom. The van der Waals surface area contributed by atoms with Crippen LogP contribution in [-0.2, 0) is 0 Å². The highest BCUT2D eigenvalue weighted by molar-refractivity contribution is 5.63. The van der Waals surface area contributed by atoms with E-state index in [1.165, 1.54) is 6.20 Å². The van der Waals surface area contributed by atoms with Gasteiger partial charge in [-0.25, -0.2) is 14.4 Å². The standard InChI is InChI=1S/C19H22FN5O.C2H6/c1-12(2)26-17-8-19-22-10-16(25(19)11-14(17)20)15-4-3-5-18(24-15)23-13-6-7-21-9-13;1-2/h3-5,8,10-13,21H,6-7,9H2,1-2H3,(H,23,24);1-2H3. The van der Waals surface area contributed by atoms with Gasteiger partial charge in [0.05, 0.1) is 29.9 Å². The van der Waals surface area contributed by atoms with Gasteiger partial charge in [0.1, 0.15) is 11.5 Å². The molecular weight excluding hydrogens is 357 g/mol. The molecule has 2 N–H and O–H groups in total. The molecule has 1 saturated heterocycles. The number of halogens is 1. The summed E-state index contributed by atoms with van der Waals surface area (Å²) in [5.74, 6) is 0.602. The number of anilines is 1. The van der Waals surface area contributed by atoms with E-state index in [0.29, 0.717) is 11.7 Å². The van der Waals surface area contributed by atoms with Gasteiger partial charge in [-0.1, -0.05) is 19.9 Å². The number of ether oxygens (including phenoxy) is 1. The molecular formula is C21H28FN5O. The fourth-order valence-corrected chi connectivity index (χ4v) is 3.16. The fraction of sp³-hybridized carbons (Fsp3) is 0.429. The van der Waals surface area contributed by atoms with E-state index in [0.717, 1.165) is 36.7 Å². The van der Waals surface area contributed by atoms with Crippen LogP contribution in [0.3, 0.4) is 0 Å². The maximum absolute atomic E-state index is 14.4. The topological polar surface area (TPSA) is 63.5 Å². The van der Waals surface area contributed by atoms with Crippen molar-refractivity contribution in [2.75, 3.05) is 18.4 Å². The first kappa shape index (κ1) is 20.1. The average Bonchev–Trinajstić information content (AvgIpc) is 3.33. The number of fused-ring (bicyclic) bond motifs is 1. The lowest BCUT2D eigenvalue weighted by atomic mass is 10.2. The van der Waals surface area contributed by atoms with Crippen molar-refractivity contribution in [3.8, 4) is 17.1 Å². The number of rotatable bonds is 5. The quantitative estimate of drug-likeness (QED) is 0.692. The van der Waals surface area contributed by atoms with Crippen molar-refractivity contribution >= 4 is 11.5 Å². The number of hydrogen-bond donors (Lipinski definition) is 2. The lowest BCUT2D eigenvalue weighted by Gasteiger charge is -2.13. The second-order valence-corrected chi connectivity index (χ2v) is 6.77. The van der Waals surface area contributed by atoms with Crippen LogP contribution in [0.15, 0.2) is 36.7 Å². The number of nitrogens with zero attached hydrogens (tertiary/aromatic N) is 3. The van der Waals surface area contributed by atoms with E-state index in [-0.39, 0.29) is 11.9 Å². The molecule has 4 rings (SSSR count). The Bertz CT molecular complexity index is 918. The van der Waals surface area contributed by atoms with E-state index in [1.54, 1.807) is 16.7 Å². The number of aromatic nitrogens is 3. The number of pyridine rings is 2. The molecule has 0 bridgehead atoms. The van der Waals surface area contributed by atoms with Gasteiger partial charge in [0, 0.05) is 18.7 Å². The van der Waals surface area contributed by atoms with Gasteiger partial charge in [-0.15, -0.1) is 0 Å². The molecule has 1 atom stereocenters. The zero-order valence-electron chi connectivity index (χ0n) is 16.9. The third-order valence-corrected chi connectivity index (χ3v) is 4.35. The van der Waals surface area contributed by atoms with Crippen LogP contribution in [0.1, 0.15) is 34.1 Å². The van der Waals surface area contributed by atoms with Gasteiger partial charge in [0.2, 0.25) is 0 Å². The summed E-state index contributed by atoms with van der Waals surface area (Å²) in [5.41, 5.74) is 2.10. The first-order chi connectivity index (χ1) is 13.6. The average molecular weight is 385 g/mol. The predicted molar refractivity (Wildman–Crippen MR) is 110 cm³/mol. The van der Waals surface area contributed by atoms with Gasteiger partial charge < -0.3 is 15.4 Å². The molecule has 7 heteroatoms. The van der Waals surface area contributed by atoms with Gasteiger partial charge in [0.15, 0.2) is 11.6 Å². The summed E-state index contributed by atoms with van der Waals surface area (Å²) in [6.07, 6.45) is 4.08. The van der Waals surface area contributed by atoms with Crippen molar-refractivity contribution in [1.29, 1.82) is 0 Å². The lowest BCUT2D eigenvalue weighted by Crippen LogP contribution is -2.22. The van der Waals surface area contributed by atoms with Crippen molar-refractivity contribution in [3.05, 3.63) is 42.5 Å². The zero-order valence-corrected chi connectivity index (χ0v) is 16.9. The molecule has 150 valence electrons. The predicted octanol–water partition coefficient (Wildman–Crippen LogP) is 4.12. The van der Waals surface area contributed by atoms with E-state index in [4.69, 9.17) is 4.74 Å². The summed E-state index contributed by atoms with van der Waals surface area (Å²) in [6.45, 7) is 9.68. The molecule has 4 heterocycles. The highest BCUT2D eigenvalue weighted by atomic mass is 19.1. The molecule has 0 saturated carbocycles. The first-order valence-corrected chi connectivity index (χ1v) is 9.88. The van der Waals surface area contributed by atoms with Crippen LogP contribution in [0.2, 0.25) is 0 Å². The van der Waals surface area contributed by atoms with E-state index >= 15 is 0 Å². The van der Waals surface area contributed by atoms with Gasteiger partial charge in [-0.3, -0.25) is 4.40 Å². The Morgan fingerprint density at radius 2 is 2.14 bits per heavy atom. The minimum atomic E-state index is -0.420. The minimum absolute atomic E-state index is 0.101. The first-order valence-electron chi connectivity index (χ1n) is 9.88. The Hall–Kier alpha value is -2.67. The van der Waals surface area contributed by atoms with Crippen LogP contribution in [0.25, 0.3) is 17.0 Å². The van der Waals surface area contributed by atoms with Crippen molar-refractivity contribution in [3.63, 3.8) is 0 Å². The Kier molecular flexibility index (Phi) is 6.46. The van der Waals surface area contributed by atoms with Crippen LogP contribution in [0.4, 0.5) is 10.2 Å². The van der Waals surface area contributed by atoms with E-state index in [2.05, 4.69) is 20.6 Å². The highest BCUT2D eigenvalue weighted by Crippen LogP contribution is 2.26. The summed E-state index contributed by atoms with van der Waals surface area (Å²) >= 11 is 0. The third kappa shape index (κ3) is 4.42. The number of nitrogens with one attached hydrogen (secondary N) is 2. The van der Waals surface area contributed by atoms with Crippen molar-refractivity contribution in [2.24, 2.45) is 0 Å². The SMILES string of the molecule is CC.CC(C)Oc1cc2ncc(-c3cccc(NC4CCNC4)n3)n2cc1F. The summed E-state index contributed by atoms with van der Waals surface area (Å²) in [7, 11) is 0. The molecule has 28 heavy (non-hydrogen) atoms. The monoisotopic (exact) mass is 385 g/mol. The molecule has 6 nitrogen and oxygen atoms in total. The number of hydrogen-bond acceptors (Lipinski definition) is 5. The summed E-state index contributed by atoms with van der Waals surface area (Å²) in [5, 5.41) is 6.76. The molecule has 3 aromatic rings. The lowest BCUT2D eigenvalue weighted by molar-refractivity contribution is 0.231. The van der Waals surface area contributed by atoms with Crippen LogP contribution in [0, 0.1) is 5.82 Å². The van der Waals surface area contributed by atoms with E-state index in [1.807, 2.05) is 45.9 Å².